The van der Waals surface area contributed by atoms with Gasteiger partial charge in [-0.2, -0.15) is 17.5 Å². The third-order valence-electron chi connectivity index (χ3n) is 5.31. The van der Waals surface area contributed by atoms with E-state index in [-0.39, 0.29) is 52.7 Å². The molecule has 1 aliphatic heterocycles. The van der Waals surface area contributed by atoms with Crippen LogP contribution in [0.1, 0.15) is 15.9 Å². The number of ether oxygens (including phenoxy) is 1. The molecule has 2 aromatic heterocycles. The van der Waals surface area contributed by atoms with Crippen LogP contribution in [-0.2, 0) is 20.9 Å². The van der Waals surface area contributed by atoms with E-state index in [1.165, 1.54) is 34.0 Å². The number of halogens is 4. The minimum absolute atomic E-state index is 0.00815. The number of esters is 1. The number of thiophene rings is 1. The number of nitrogens with one attached hydrogen (secondary N) is 1. The second-order valence-corrected chi connectivity index (χ2v) is 10.5. The van der Waals surface area contributed by atoms with Crippen LogP contribution in [0.25, 0.3) is 10.2 Å². The van der Waals surface area contributed by atoms with Gasteiger partial charge in [-0.15, -0.1) is 11.3 Å². The summed E-state index contributed by atoms with van der Waals surface area (Å²) in [5.41, 5.74) is -0.829. The molecule has 1 fully saturated rings. The first-order chi connectivity index (χ1) is 15.5. The Morgan fingerprint density at radius 2 is 1.79 bits per heavy atom. The van der Waals surface area contributed by atoms with Gasteiger partial charge in [0.2, 0.25) is 10.0 Å². The Morgan fingerprint density at radius 3 is 2.36 bits per heavy atom. The van der Waals surface area contributed by atoms with E-state index in [4.69, 9.17) is 11.6 Å². The van der Waals surface area contributed by atoms with Crippen LogP contribution in [0.3, 0.4) is 0 Å². The van der Waals surface area contributed by atoms with Crippen molar-refractivity contribution in [1.29, 1.82) is 0 Å². The lowest BCUT2D eigenvalue weighted by atomic mass is 10.1. The van der Waals surface area contributed by atoms with Crippen molar-refractivity contribution in [3.05, 3.63) is 51.9 Å². The van der Waals surface area contributed by atoms with Crippen molar-refractivity contribution in [1.82, 2.24) is 4.31 Å². The van der Waals surface area contributed by atoms with E-state index in [9.17, 15) is 26.4 Å². The Kier molecular flexibility index (Phi) is 6.29. The third kappa shape index (κ3) is 4.52. The molecule has 7 nitrogen and oxygen atoms in total. The highest BCUT2D eigenvalue weighted by Gasteiger charge is 2.39. The maximum atomic E-state index is 13.8. The van der Waals surface area contributed by atoms with Crippen LogP contribution < -0.4 is 9.88 Å². The summed E-state index contributed by atoms with van der Waals surface area (Å²) in [6.45, 7) is 0.463. The van der Waals surface area contributed by atoms with Crippen LogP contribution >= 0.6 is 22.9 Å². The monoisotopic (exact) mass is 520 g/mol. The van der Waals surface area contributed by atoms with E-state index < -0.39 is 27.7 Å². The molecule has 13 heteroatoms. The Labute approximate surface area is 196 Å². The molecule has 0 saturated carbocycles. The van der Waals surface area contributed by atoms with Gasteiger partial charge in [-0.1, -0.05) is 11.6 Å². The predicted molar refractivity (Wildman–Crippen MR) is 117 cm³/mol. The summed E-state index contributed by atoms with van der Waals surface area (Å²) in [6.07, 6.45) is -4.64. The van der Waals surface area contributed by atoms with Crippen molar-refractivity contribution in [2.75, 3.05) is 38.2 Å². The third-order valence-corrected chi connectivity index (χ3v) is 8.49. The van der Waals surface area contributed by atoms with Crippen LogP contribution in [0.4, 0.5) is 19.0 Å². The first-order valence-electron chi connectivity index (χ1n) is 9.66. The first kappa shape index (κ1) is 23.7. The summed E-state index contributed by atoms with van der Waals surface area (Å²) in [5.74, 6) is -0.608. The number of piperazine rings is 1. The number of carbonyl (C=O) groups is 1. The number of pyridine rings is 1. The smallest absolute Gasteiger partial charge is 0.418 e. The molecule has 3 aromatic rings. The van der Waals surface area contributed by atoms with Gasteiger partial charge in [0.1, 0.15) is 5.56 Å². The SMILES string of the molecule is COC(=O)c1csc2c(C(F)(F)F)cc(N3CCN(S(=O)(=O)c4ccc(Cl)cc4)CC3)[nH+]c12. The number of rotatable bonds is 4. The number of aromatic amines is 1. The number of anilines is 1. The lowest BCUT2D eigenvalue weighted by Gasteiger charge is -2.30. The summed E-state index contributed by atoms with van der Waals surface area (Å²) < 4.78 is 72.9. The Morgan fingerprint density at radius 1 is 1.15 bits per heavy atom. The standard InChI is InChI=1S/C20H17ClF3N3O4S2/c1-31-19(28)14-11-32-18-15(20(22,23)24)10-16(25-17(14)18)26-6-8-27(9-7-26)33(29,30)13-4-2-12(21)3-5-13/h2-5,10-11H,6-9H2,1H3/p+1. The molecule has 1 aromatic carbocycles. The molecule has 0 spiro atoms. The molecular formula is C20H18ClF3N3O4S2+. The molecule has 0 amide bonds. The Balaban J connectivity index is 1.64. The predicted octanol–water partition coefficient (Wildman–Crippen LogP) is 3.69. The quantitative estimate of drug-likeness (QED) is 0.490. The average molecular weight is 521 g/mol. The summed E-state index contributed by atoms with van der Waals surface area (Å²) in [7, 11) is -2.61. The molecule has 33 heavy (non-hydrogen) atoms. The zero-order valence-electron chi connectivity index (χ0n) is 17.1. The molecule has 0 aliphatic carbocycles. The fourth-order valence-electron chi connectivity index (χ4n) is 3.61. The molecule has 0 atom stereocenters. The normalized spacial score (nSPS) is 15.7. The number of nitrogens with zero attached hydrogens (tertiary/aromatic N) is 2. The number of aromatic nitrogens is 1. The van der Waals surface area contributed by atoms with Crippen LogP contribution in [0.5, 0.6) is 0 Å². The maximum Gasteiger partial charge on any atom is 0.418 e. The number of hydrogen-bond acceptors (Lipinski definition) is 6. The van der Waals surface area contributed by atoms with Crippen molar-refractivity contribution in [2.45, 2.75) is 11.1 Å². The van der Waals surface area contributed by atoms with Gasteiger partial charge < -0.3 is 4.74 Å². The van der Waals surface area contributed by atoms with Crippen molar-refractivity contribution in [3.63, 3.8) is 0 Å². The van der Waals surface area contributed by atoms with Crippen LogP contribution in [0.15, 0.2) is 40.6 Å². The van der Waals surface area contributed by atoms with E-state index >= 15 is 0 Å². The number of sulfonamides is 1. The van der Waals surface area contributed by atoms with Crippen LogP contribution in [-0.4, -0.2) is 52.0 Å². The molecule has 4 rings (SSSR count). The Hall–Kier alpha value is -2.41. The molecule has 0 radical (unpaired) electrons. The molecule has 1 saturated heterocycles. The molecule has 1 aliphatic rings. The van der Waals surface area contributed by atoms with Gasteiger partial charge in [-0.25, -0.2) is 18.2 Å². The van der Waals surface area contributed by atoms with Gasteiger partial charge in [-0.3, -0.25) is 4.90 Å². The van der Waals surface area contributed by atoms with Crippen molar-refractivity contribution in [2.24, 2.45) is 0 Å². The summed E-state index contributed by atoms with van der Waals surface area (Å²) >= 11 is 6.63. The minimum Gasteiger partial charge on any atom is -0.465 e. The molecule has 0 bridgehead atoms. The number of carbonyl (C=O) groups excluding carboxylic acids is 1. The molecular weight excluding hydrogens is 503 g/mol. The molecule has 176 valence electrons. The second-order valence-electron chi connectivity index (χ2n) is 7.26. The number of fused-ring (bicyclic) bond motifs is 1. The second kappa shape index (κ2) is 8.75. The van der Waals surface area contributed by atoms with Crippen LogP contribution in [0.2, 0.25) is 5.02 Å². The van der Waals surface area contributed by atoms with E-state index in [0.29, 0.717) is 5.02 Å². The van der Waals surface area contributed by atoms with E-state index in [0.717, 1.165) is 24.5 Å². The summed E-state index contributed by atoms with van der Waals surface area (Å²) in [5, 5.41) is 1.73. The van der Waals surface area contributed by atoms with E-state index in [2.05, 4.69) is 9.72 Å². The van der Waals surface area contributed by atoms with Gasteiger partial charge in [0, 0.05) is 16.5 Å². The van der Waals surface area contributed by atoms with Gasteiger partial charge in [0.05, 0.1) is 48.4 Å². The number of alkyl halides is 3. The minimum atomic E-state index is -4.64. The van der Waals surface area contributed by atoms with E-state index in [1.54, 1.807) is 4.90 Å². The zero-order valence-corrected chi connectivity index (χ0v) is 19.5. The number of benzene rings is 1. The maximum absolute atomic E-state index is 13.8. The van der Waals surface area contributed by atoms with Gasteiger partial charge in [-0.05, 0) is 24.3 Å². The van der Waals surface area contributed by atoms with Crippen LogP contribution in [0, 0.1) is 0 Å². The van der Waals surface area contributed by atoms with E-state index in [1.807, 2.05) is 0 Å². The molecule has 3 heterocycles. The van der Waals surface area contributed by atoms with Crippen molar-refractivity contribution >= 4 is 55.0 Å². The molecule has 1 N–H and O–H groups in total. The van der Waals surface area contributed by atoms with Gasteiger partial charge in [0.25, 0.3) is 5.82 Å². The van der Waals surface area contributed by atoms with Crippen molar-refractivity contribution in [3.8, 4) is 0 Å². The van der Waals surface area contributed by atoms with Gasteiger partial charge >= 0.3 is 12.1 Å². The summed E-state index contributed by atoms with van der Waals surface area (Å²) in [6, 6.07) is 6.77. The first-order valence-corrected chi connectivity index (χ1v) is 12.4. The highest BCUT2D eigenvalue weighted by molar-refractivity contribution is 7.89. The number of H-pyrrole nitrogens is 1. The topological polar surface area (TPSA) is 81.1 Å². The van der Waals surface area contributed by atoms with Gasteiger partial charge in [0.15, 0.2) is 5.52 Å². The Bertz CT molecular complexity index is 1300. The average Bonchev–Trinajstić information content (AvgIpc) is 3.21. The largest absolute Gasteiger partial charge is 0.465 e. The number of methoxy groups -OCH3 is 1. The fourth-order valence-corrected chi connectivity index (χ4v) is 6.19. The summed E-state index contributed by atoms with van der Waals surface area (Å²) in [4.78, 5) is 16.7. The lowest BCUT2D eigenvalue weighted by Crippen LogP contribution is -2.50. The highest BCUT2D eigenvalue weighted by atomic mass is 35.5. The zero-order chi connectivity index (χ0) is 24.0. The lowest BCUT2D eigenvalue weighted by molar-refractivity contribution is -0.331. The number of hydrogen-bond donors (Lipinski definition) is 0. The fraction of sp³-hybridized carbons (Fsp3) is 0.300. The highest BCUT2D eigenvalue weighted by Crippen LogP contribution is 2.39. The molecule has 0 unspecified atom stereocenters. The van der Waals surface area contributed by atoms with Crippen molar-refractivity contribution < 1.29 is 36.1 Å².